The van der Waals surface area contributed by atoms with Gasteiger partial charge in [0, 0.05) is 29.7 Å². The average Bonchev–Trinajstić information content (AvgIpc) is 3.06. The number of pyridine rings is 1. The van der Waals surface area contributed by atoms with Crippen molar-refractivity contribution in [2.75, 3.05) is 20.2 Å². The van der Waals surface area contributed by atoms with Crippen LogP contribution in [0.1, 0.15) is 12.0 Å². The van der Waals surface area contributed by atoms with Crippen LogP contribution in [0.4, 0.5) is 0 Å². The number of methoxy groups -OCH3 is 1. The maximum Gasteiger partial charge on any atom is 0.227 e. The van der Waals surface area contributed by atoms with Gasteiger partial charge in [-0.1, -0.05) is 12.1 Å². The summed E-state index contributed by atoms with van der Waals surface area (Å²) in [6, 6.07) is 11.3. The lowest BCUT2D eigenvalue weighted by Gasteiger charge is -2.17. The molecule has 0 unspecified atom stereocenters. The third-order valence-corrected chi connectivity index (χ3v) is 4.44. The molecule has 0 radical (unpaired) electrons. The number of aromatic nitrogens is 1. The number of carbonyl (C=O) groups excluding carboxylic acids is 1. The summed E-state index contributed by atoms with van der Waals surface area (Å²) >= 11 is 3.35. The maximum atomic E-state index is 12.5. The average molecular weight is 391 g/mol. The summed E-state index contributed by atoms with van der Waals surface area (Å²) in [6.45, 7) is 1.31. The maximum absolute atomic E-state index is 12.5. The van der Waals surface area contributed by atoms with Crippen molar-refractivity contribution >= 4 is 21.8 Å². The first-order valence-electron chi connectivity index (χ1n) is 7.83. The Bertz CT molecular complexity index is 706. The molecule has 1 aromatic carbocycles. The molecule has 24 heavy (non-hydrogen) atoms. The zero-order valence-corrected chi connectivity index (χ0v) is 15.0. The smallest absolute Gasteiger partial charge is 0.227 e. The highest BCUT2D eigenvalue weighted by Crippen LogP contribution is 2.20. The number of carbonyl (C=O) groups is 1. The van der Waals surface area contributed by atoms with Gasteiger partial charge >= 0.3 is 0 Å². The van der Waals surface area contributed by atoms with Crippen molar-refractivity contribution in [2.24, 2.45) is 0 Å². The lowest BCUT2D eigenvalue weighted by molar-refractivity contribution is -0.129. The fraction of sp³-hybridized carbons (Fsp3) is 0.333. The van der Waals surface area contributed by atoms with Crippen LogP contribution in [0.15, 0.2) is 47.1 Å². The highest BCUT2D eigenvalue weighted by atomic mass is 79.9. The van der Waals surface area contributed by atoms with Gasteiger partial charge in [-0.15, -0.1) is 0 Å². The molecule has 0 aliphatic carbocycles. The van der Waals surface area contributed by atoms with Gasteiger partial charge in [-0.05, 0) is 39.7 Å². The molecule has 126 valence electrons. The van der Waals surface area contributed by atoms with Gasteiger partial charge in [-0.25, -0.2) is 4.98 Å². The molecule has 0 bridgehead atoms. The Morgan fingerprint density at radius 2 is 2.25 bits per heavy atom. The summed E-state index contributed by atoms with van der Waals surface area (Å²) in [4.78, 5) is 18.5. The van der Waals surface area contributed by atoms with E-state index in [-0.39, 0.29) is 12.0 Å². The fourth-order valence-electron chi connectivity index (χ4n) is 2.72. The van der Waals surface area contributed by atoms with Crippen molar-refractivity contribution in [2.45, 2.75) is 18.9 Å². The first-order chi connectivity index (χ1) is 11.6. The topological polar surface area (TPSA) is 51.7 Å². The van der Waals surface area contributed by atoms with Gasteiger partial charge in [0.1, 0.15) is 11.9 Å². The number of nitrogens with zero attached hydrogens (tertiary/aromatic N) is 2. The summed E-state index contributed by atoms with van der Waals surface area (Å²) in [6.07, 6.45) is 2.89. The predicted octanol–water partition coefficient (Wildman–Crippen LogP) is 3.08. The van der Waals surface area contributed by atoms with Gasteiger partial charge in [-0.2, -0.15) is 0 Å². The predicted molar refractivity (Wildman–Crippen MR) is 94.2 cm³/mol. The van der Waals surface area contributed by atoms with E-state index < -0.39 is 0 Å². The number of rotatable bonds is 5. The highest BCUT2D eigenvalue weighted by molar-refractivity contribution is 9.10. The molecule has 0 saturated carbocycles. The second-order valence-electron chi connectivity index (χ2n) is 5.71. The van der Waals surface area contributed by atoms with Crippen LogP contribution in [-0.4, -0.2) is 42.1 Å². The minimum atomic E-state index is -0.00654. The zero-order valence-electron chi connectivity index (χ0n) is 13.4. The van der Waals surface area contributed by atoms with Crippen molar-refractivity contribution in [1.82, 2.24) is 9.88 Å². The molecule has 1 amide bonds. The lowest BCUT2D eigenvalue weighted by Crippen LogP contribution is -2.32. The molecule has 1 saturated heterocycles. The van der Waals surface area contributed by atoms with E-state index in [9.17, 15) is 4.79 Å². The Kier molecular flexibility index (Phi) is 5.35. The normalized spacial score (nSPS) is 16.9. The van der Waals surface area contributed by atoms with E-state index in [4.69, 9.17) is 9.47 Å². The molecule has 6 heteroatoms. The summed E-state index contributed by atoms with van der Waals surface area (Å²) in [5, 5.41) is 0. The highest BCUT2D eigenvalue weighted by Gasteiger charge is 2.27. The molecule has 1 aliphatic heterocycles. The zero-order chi connectivity index (χ0) is 16.9. The third-order valence-electron chi connectivity index (χ3n) is 3.97. The van der Waals surface area contributed by atoms with Crippen LogP contribution in [0.25, 0.3) is 0 Å². The number of ether oxygens (including phenoxy) is 2. The van der Waals surface area contributed by atoms with E-state index in [0.29, 0.717) is 25.4 Å². The number of halogens is 1. The van der Waals surface area contributed by atoms with E-state index in [0.717, 1.165) is 22.2 Å². The van der Waals surface area contributed by atoms with Crippen LogP contribution in [-0.2, 0) is 11.2 Å². The Labute approximate surface area is 149 Å². The van der Waals surface area contributed by atoms with Crippen molar-refractivity contribution in [3.8, 4) is 11.6 Å². The number of hydrogen-bond acceptors (Lipinski definition) is 4. The first kappa shape index (κ1) is 16.8. The summed E-state index contributed by atoms with van der Waals surface area (Å²) < 4.78 is 12.0. The molecule has 2 aromatic rings. The molecule has 1 aromatic heterocycles. The van der Waals surface area contributed by atoms with Gasteiger partial charge in [-0.3, -0.25) is 4.79 Å². The third kappa shape index (κ3) is 4.26. The molecule has 3 rings (SSSR count). The monoisotopic (exact) mass is 390 g/mol. The molecule has 0 N–H and O–H groups in total. The van der Waals surface area contributed by atoms with Gasteiger partial charge in [0.2, 0.25) is 11.8 Å². The number of likely N-dealkylation sites (tertiary alicyclic amines) is 1. The minimum Gasteiger partial charge on any atom is -0.497 e. The molecule has 1 fully saturated rings. The Hall–Kier alpha value is -2.08. The Balaban J connectivity index is 1.54. The molecule has 0 spiro atoms. The second kappa shape index (κ2) is 7.66. The molecular formula is C18H19BrN2O3. The second-order valence-corrected chi connectivity index (χ2v) is 6.63. The number of hydrogen-bond donors (Lipinski definition) is 0. The van der Waals surface area contributed by atoms with E-state index >= 15 is 0 Å². The van der Waals surface area contributed by atoms with Gasteiger partial charge in [0.15, 0.2) is 0 Å². The number of benzene rings is 1. The van der Waals surface area contributed by atoms with Crippen molar-refractivity contribution in [3.63, 3.8) is 0 Å². The number of amides is 1. The minimum absolute atomic E-state index is 0.00654. The van der Waals surface area contributed by atoms with Crippen LogP contribution in [0.5, 0.6) is 11.6 Å². The molecule has 5 nitrogen and oxygen atoms in total. The van der Waals surface area contributed by atoms with E-state index in [1.807, 2.05) is 41.3 Å². The molecule has 1 atom stereocenters. The van der Waals surface area contributed by atoms with Gasteiger partial charge in [0.25, 0.3) is 0 Å². The lowest BCUT2D eigenvalue weighted by atomic mass is 10.1. The van der Waals surface area contributed by atoms with Crippen molar-refractivity contribution in [3.05, 3.63) is 52.6 Å². The van der Waals surface area contributed by atoms with Crippen molar-refractivity contribution in [1.29, 1.82) is 0 Å². The van der Waals surface area contributed by atoms with Crippen LogP contribution in [0.3, 0.4) is 0 Å². The van der Waals surface area contributed by atoms with Gasteiger partial charge in [0.05, 0.1) is 20.1 Å². The Morgan fingerprint density at radius 3 is 3.00 bits per heavy atom. The van der Waals surface area contributed by atoms with E-state index in [1.54, 1.807) is 13.3 Å². The summed E-state index contributed by atoms with van der Waals surface area (Å²) in [5.74, 6) is 1.47. The summed E-state index contributed by atoms with van der Waals surface area (Å²) in [7, 11) is 1.62. The van der Waals surface area contributed by atoms with Crippen LogP contribution in [0, 0.1) is 0 Å². The van der Waals surface area contributed by atoms with E-state index in [2.05, 4.69) is 20.9 Å². The van der Waals surface area contributed by atoms with Crippen LogP contribution in [0.2, 0.25) is 0 Å². The molecule has 2 heterocycles. The van der Waals surface area contributed by atoms with Crippen LogP contribution >= 0.6 is 15.9 Å². The van der Waals surface area contributed by atoms with Crippen molar-refractivity contribution < 1.29 is 14.3 Å². The standard InChI is InChI=1S/C18H19BrN2O3/c1-23-15-4-2-3-13(9-15)10-18(22)21-8-7-16(12-21)24-17-6-5-14(19)11-20-17/h2-6,9,11,16H,7-8,10,12H2,1H3/t16-/m0/s1. The Morgan fingerprint density at radius 1 is 1.38 bits per heavy atom. The SMILES string of the molecule is COc1cccc(CC(=O)N2CC[C@H](Oc3ccc(Br)cn3)C2)c1. The molecular weight excluding hydrogens is 372 g/mol. The fourth-order valence-corrected chi connectivity index (χ4v) is 2.96. The first-order valence-corrected chi connectivity index (χ1v) is 8.62. The van der Waals surface area contributed by atoms with Crippen LogP contribution < -0.4 is 9.47 Å². The van der Waals surface area contributed by atoms with E-state index in [1.165, 1.54) is 0 Å². The molecule has 1 aliphatic rings. The largest absolute Gasteiger partial charge is 0.497 e. The summed E-state index contributed by atoms with van der Waals surface area (Å²) in [5.41, 5.74) is 0.957. The quantitative estimate of drug-likeness (QED) is 0.786. The van der Waals surface area contributed by atoms with Gasteiger partial charge < -0.3 is 14.4 Å².